The first-order valence-electron chi connectivity index (χ1n) is 8.08. The summed E-state index contributed by atoms with van der Waals surface area (Å²) in [5.74, 6) is 0.770. The molecular formula is C17H30N2S. The zero-order valence-electron chi connectivity index (χ0n) is 13.5. The second kappa shape index (κ2) is 7.06. The van der Waals surface area contributed by atoms with Crippen molar-refractivity contribution in [1.82, 2.24) is 10.2 Å². The van der Waals surface area contributed by atoms with E-state index in [0.717, 1.165) is 12.5 Å². The minimum absolute atomic E-state index is 0.290. The lowest BCUT2D eigenvalue weighted by molar-refractivity contribution is 0.0560. The van der Waals surface area contributed by atoms with Crippen LogP contribution in [-0.2, 0) is 6.42 Å². The third-order valence-electron chi connectivity index (χ3n) is 5.11. The Kier molecular flexibility index (Phi) is 5.65. The third kappa shape index (κ3) is 3.84. The van der Waals surface area contributed by atoms with Crippen molar-refractivity contribution in [2.45, 2.75) is 58.5 Å². The van der Waals surface area contributed by atoms with Gasteiger partial charge in [-0.25, -0.2) is 0 Å². The van der Waals surface area contributed by atoms with Crippen molar-refractivity contribution in [2.24, 2.45) is 5.92 Å². The van der Waals surface area contributed by atoms with Gasteiger partial charge in [0.05, 0.1) is 0 Å². The Morgan fingerprint density at radius 3 is 2.90 bits per heavy atom. The first-order valence-corrected chi connectivity index (χ1v) is 9.02. The Labute approximate surface area is 128 Å². The van der Waals surface area contributed by atoms with E-state index in [4.69, 9.17) is 0 Å². The van der Waals surface area contributed by atoms with E-state index in [1.807, 2.05) is 11.3 Å². The van der Waals surface area contributed by atoms with E-state index < -0.39 is 0 Å². The molecule has 1 N–H and O–H groups in total. The van der Waals surface area contributed by atoms with E-state index in [-0.39, 0.29) is 0 Å². The largest absolute Gasteiger partial charge is 0.309 e. The minimum atomic E-state index is 0.290. The van der Waals surface area contributed by atoms with Gasteiger partial charge in [0.15, 0.2) is 0 Å². The number of hydrogen-bond acceptors (Lipinski definition) is 3. The summed E-state index contributed by atoms with van der Waals surface area (Å²) in [6.07, 6.45) is 3.66. The molecule has 3 atom stereocenters. The lowest BCUT2D eigenvalue weighted by Gasteiger charge is -2.48. The summed E-state index contributed by atoms with van der Waals surface area (Å²) >= 11 is 1.81. The molecule has 1 aliphatic rings. The Morgan fingerprint density at radius 2 is 2.30 bits per heavy atom. The van der Waals surface area contributed by atoms with E-state index in [1.54, 1.807) is 0 Å². The monoisotopic (exact) mass is 294 g/mol. The molecule has 20 heavy (non-hydrogen) atoms. The summed E-state index contributed by atoms with van der Waals surface area (Å²) in [5.41, 5.74) is 1.79. The third-order valence-corrected chi connectivity index (χ3v) is 5.84. The van der Waals surface area contributed by atoms with Gasteiger partial charge in [0.1, 0.15) is 0 Å². The molecule has 0 amide bonds. The highest BCUT2D eigenvalue weighted by Gasteiger charge is 2.35. The number of nitrogens with zero attached hydrogens (tertiary/aromatic N) is 1. The number of nitrogens with one attached hydrogen (secondary N) is 1. The zero-order valence-corrected chi connectivity index (χ0v) is 14.3. The Balaban J connectivity index is 2.01. The first kappa shape index (κ1) is 16.0. The molecule has 2 heterocycles. The normalized spacial score (nSPS) is 29.5. The van der Waals surface area contributed by atoms with Crippen LogP contribution in [0.1, 0.15) is 46.1 Å². The minimum Gasteiger partial charge on any atom is -0.309 e. The van der Waals surface area contributed by atoms with Crippen LogP contribution >= 0.6 is 11.3 Å². The van der Waals surface area contributed by atoms with Crippen molar-refractivity contribution >= 4 is 11.3 Å². The maximum absolute atomic E-state index is 3.79. The van der Waals surface area contributed by atoms with Crippen LogP contribution in [0.25, 0.3) is 0 Å². The molecule has 0 saturated carbocycles. The first-order chi connectivity index (χ1) is 9.58. The Bertz CT molecular complexity index is 390. The number of piperazine rings is 1. The standard InChI is InChI=1S/C17H30N2S/c1-5-14(3)16-11-18-17(4,6-2)13-19(16)9-7-15-8-10-20-12-15/h8,10,12,14,16,18H,5-7,9,11,13H2,1-4H3. The SMILES string of the molecule is CCC(C)C1CNC(C)(CC)CN1CCc1ccsc1. The quantitative estimate of drug-likeness (QED) is 0.859. The van der Waals surface area contributed by atoms with Crippen molar-refractivity contribution in [2.75, 3.05) is 19.6 Å². The molecule has 1 aromatic heterocycles. The average Bonchev–Trinajstić information content (AvgIpc) is 2.98. The summed E-state index contributed by atoms with van der Waals surface area (Å²) in [5, 5.41) is 8.28. The molecule has 3 unspecified atom stereocenters. The highest BCUT2D eigenvalue weighted by molar-refractivity contribution is 7.07. The second-order valence-electron chi connectivity index (χ2n) is 6.60. The van der Waals surface area contributed by atoms with Crippen LogP contribution in [0.2, 0.25) is 0 Å². The van der Waals surface area contributed by atoms with Crippen molar-refractivity contribution in [3.63, 3.8) is 0 Å². The number of thiophene rings is 1. The summed E-state index contributed by atoms with van der Waals surface area (Å²) < 4.78 is 0. The molecule has 0 aliphatic carbocycles. The van der Waals surface area contributed by atoms with Crippen LogP contribution in [0.3, 0.4) is 0 Å². The molecule has 114 valence electrons. The van der Waals surface area contributed by atoms with Crippen LogP contribution in [0.4, 0.5) is 0 Å². The van der Waals surface area contributed by atoms with Gasteiger partial charge in [-0.2, -0.15) is 11.3 Å². The van der Waals surface area contributed by atoms with Gasteiger partial charge in [0.25, 0.3) is 0 Å². The molecule has 0 aromatic carbocycles. The molecule has 1 aromatic rings. The van der Waals surface area contributed by atoms with Crippen LogP contribution < -0.4 is 5.32 Å². The fourth-order valence-electron chi connectivity index (χ4n) is 3.12. The van der Waals surface area contributed by atoms with Crippen molar-refractivity contribution in [1.29, 1.82) is 0 Å². The predicted octanol–water partition coefficient (Wildman–Crippen LogP) is 3.78. The van der Waals surface area contributed by atoms with E-state index in [0.29, 0.717) is 11.6 Å². The van der Waals surface area contributed by atoms with E-state index in [2.05, 4.69) is 54.7 Å². The van der Waals surface area contributed by atoms with Crippen molar-refractivity contribution in [3.05, 3.63) is 22.4 Å². The molecule has 3 heteroatoms. The van der Waals surface area contributed by atoms with E-state index >= 15 is 0 Å². The van der Waals surface area contributed by atoms with Gasteiger partial charge in [0.2, 0.25) is 0 Å². The van der Waals surface area contributed by atoms with Gasteiger partial charge in [-0.3, -0.25) is 4.90 Å². The Hall–Kier alpha value is -0.380. The van der Waals surface area contributed by atoms with Crippen LogP contribution in [-0.4, -0.2) is 36.1 Å². The predicted molar refractivity (Wildman–Crippen MR) is 89.5 cm³/mol. The topological polar surface area (TPSA) is 15.3 Å². The van der Waals surface area contributed by atoms with Gasteiger partial charge < -0.3 is 5.32 Å². The fraction of sp³-hybridized carbons (Fsp3) is 0.765. The molecule has 1 saturated heterocycles. The maximum atomic E-state index is 3.79. The highest BCUT2D eigenvalue weighted by atomic mass is 32.1. The van der Waals surface area contributed by atoms with E-state index in [1.165, 1.54) is 37.9 Å². The van der Waals surface area contributed by atoms with Gasteiger partial charge in [-0.15, -0.1) is 0 Å². The lowest BCUT2D eigenvalue weighted by Crippen LogP contribution is -2.64. The van der Waals surface area contributed by atoms with Gasteiger partial charge in [-0.05, 0) is 48.1 Å². The molecule has 0 spiro atoms. The smallest absolute Gasteiger partial charge is 0.0278 e. The van der Waals surface area contributed by atoms with Crippen molar-refractivity contribution in [3.8, 4) is 0 Å². The molecule has 1 aliphatic heterocycles. The molecule has 2 rings (SSSR count). The molecule has 2 nitrogen and oxygen atoms in total. The van der Waals surface area contributed by atoms with Crippen LogP contribution in [0, 0.1) is 5.92 Å². The number of hydrogen-bond donors (Lipinski definition) is 1. The lowest BCUT2D eigenvalue weighted by atomic mass is 9.88. The molecular weight excluding hydrogens is 264 g/mol. The van der Waals surface area contributed by atoms with Crippen LogP contribution in [0.15, 0.2) is 16.8 Å². The molecule has 0 bridgehead atoms. The highest BCUT2D eigenvalue weighted by Crippen LogP contribution is 2.24. The molecule has 1 fully saturated rings. The van der Waals surface area contributed by atoms with Gasteiger partial charge in [0, 0.05) is 31.2 Å². The molecule has 0 radical (unpaired) electrons. The number of rotatable bonds is 6. The summed E-state index contributed by atoms with van der Waals surface area (Å²) in [4.78, 5) is 2.74. The maximum Gasteiger partial charge on any atom is 0.0278 e. The average molecular weight is 295 g/mol. The van der Waals surface area contributed by atoms with Crippen molar-refractivity contribution < 1.29 is 0 Å². The summed E-state index contributed by atoms with van der Waals surface area (Å²) in [7, 11) is 0. The van der Waals surface area contributed by atoms with Gasteiger partial charge in [-0.1, -0.05) is 27.2 Å². The van der Waals surface area contributed by atoms with E-state index in [9.17, 15) is 0 Å². The summed E-state index contributed by atoms with van der Waals surface area (Å²) in [6.45, 7) is 12.9. The Morgan fingerprint density at radius 1 is 1.50 bits per heavy atom. The van der Waals surface area contributed by atoms with Crippen LogP contribution in [0.5, 0.6) is 0 Å². The second-order valence-corrected chi connectivity index (χ2v) is 7.38. The summed E-state index contributed by atoms with van der Waals surface area (Å²) in [6, 6.07) is 2.96. The van der Waals surface area contributed by atoms with Gasteiger partial charge >= 0.3 is 0 Å². The zero-order chi connectivity index (χ0) is 14.6. The fourth-order valence-corrected chi connectivity index (χ4v) is 3.83.